The number of hydrogen-bond donors (Lipinski definition) is 2. The number of methoxy groups -OCH3 is 1. The van der Waals surface area contributed by atoms with Crippen molar-refractivity contribution in [2.45, 2.75) is 33.4 Å². The molecule has 1 heterocycles. The van der Waals surface area contributed by atoms with Crippen LogP contribution < -0.4 is 15.4 Å². The van der Waals surface area contributed by atoms with Gasteiger partial charge in [0.1, 0.15) is 5.75 Å². The van der Waals surface area contributed by atoms with Crippen LogP contribution in [0.1, 0.15) is 29.2 Å². The van der Waals surface area contributed by atoms with Gasteiger partial charge in [-0.05, 0) is 43.0 Å². The fourth-order valence-corrected chi connectivity index (χ4v) is 3.35. The number of imidazole rings is 1. The Morgan fingerprint density at radius 2 is 1.97 bits per heavy atom. The van der Waals surface area contributed by atoms with Crippen LogP contribution in [0.4, 0.5) is 0 Å². The van der Waals surface area contributed by atoms with E-state index in [1.165, 1.54) is 22.3 Å². The molecule has 31 heavy (non-hydrogen) atoms. The van der Waals surface area contributed by atoms with E-state index in [-0.39, 0.29) is 24.0 Å². The molecule has 2 aromatic carbocycles. The molecule has 0 unspecified atom stereocenters. The lowest BCUT2D eigenvalue weighted by Crippen LogP contribution is -2.38. The van der Waals surface area contributed by atoms with Crippen LogP contribution in [-0.4, -0.2) is 35.7 Å². The minimum atomic E-state index is 0. The van der Waals surface area contributed by atoms with Crippen LogP contribution in [0.25, 0.3) is 0 Å². The molecule has 0 fully saturated rings. The molecule has 3 rings (SSSR count). The number of aryl methyl sites for hydroxylation is 1. The molecule has 0 saturated heterocycles. The van der Waals surface area contributed by atoms with Crippen molar-refractivity contribution in [2.24, 2.45) is 4.99 Å². The second kappa shape index (κ2) is 13.0. The predicted octanol–water partition coefficient (Wildman–Crippen LogP) is 4.16. The number of aromatic nitrogens is 2. The molecule has 2 N–H and O–H groups in total. The van der Waals surface area contributed by atoms with E-state index < -0.39 is 0 Å². The van der Waals surface area contributed by atoms with Gasteiger partial charge >= 0.3 is 0 Å². The lowest BCUT2D eigenvalue weighted by molar-refractivity contribution is 0.409. The van der Waals surface area contributed by atoms with Crippen molar-refractivity contribution >= 4 is 29.9 Å². The van der Waals surface area contributed by atoms with Crippen molar-refractivity contribution in [3.8, 4) is 5.75 Å². The molecule has 0 aliphatic rings. The van der Waals surface area contributed by atoms with Gasteiger partial charge in [0.25, 0.3) is 0 Å². The minimum Gasteiger partial charge on any atom is -0.496 e. The Balaban J connectivity index is 0.00000341. The summed E-state index contributed by atoms with van der Waals surface area (Å²) < 4.78 is 7.54. The van der Waals surface area contributed by atoms with Crippen molar-refractivity contribution in [3.63, 3.8) is 0 Å². The van der Waals surface area contributed by atoms with Crippen molar-refractivity contribution in [3.05, 3.63) is 83.4 Å². The maximum Gasteiger partial charge on any atom is 0.191 e. The average molecular weight is 533 g/mol. The Bertz CT molecular complexity index is 956. The molecular weight excluding hydrogens is 501 g/mol. The highest BCUT2D eigenvalue weighted by molar-refractivity contribution is 14.0. The number of nitrogens with one attached hydrogen (secondary N) is 2. The van der Waals surface area contributed by atoms with Gasteiger partial charge in [-0.15, -0.1) is 24.0 Å². The Morgan fingerprint density at radius 1 is 1.13 bits per heavy atom. The molecular formula is C24H32IN5O. The first-order chi connectivity index (χ1) is 14.7. The minimum absolute atomic E-state index is 0. The Morgan fingerprint density at radius 3 is 2.71 bits per heavy atom. The van der Waals surface area contributed by atoms with E-state index in [9.17, 15) is 0 Å². The molecule has 0 saturated carbocycles. The van der Waals surface area contributed by atoms with Gasteiger partial charge in [0.2, 0.25) is 0 Å². The van der Waals surface area contributed by atoms with E-state index in [1.807, 2.05) is 18.6 Å². The van der Waals surface area contributed by atoms with Gasteiger partial charge in [-0.25, -0.2) is 9.98 Å². The van der Waals surface area contributed by atoms with Gasteiger partial charge in [-0.3, -0.25) is 0 Å². The summed E-state index contributed by atoms with van der Waals surface area (Å²) in [6, 6.07) is 14.8. The smallest absolute Gasteiger partial charge is 0.191 e. The van der Waals surface area contributed by atoms with Crippen molar-refractivity contribution < 1.29 is 4.74 Å². The number of guanidine groups is 1. The van der Waals surface area contributed by atoms with Crippen LogP contribution in [0.2, 0.25) is 0 Å². The molecule has 0 amide bonds. The first-order valence-electron chi connectivity index (χ1n) is 10.4. The molecule has 0 radical (unpaired) electrons. The zero-order valence-corrected chi connectivity index (χ0v) is 20.8. The molecule has 0 atom stereocenters. The molecule has 0 spiro atoms. The third kappa shape index (κ3) is 7.90. The van der Waals surface area contributed by atoms with Crippen LogP contribution >= 0.6 is 24.0 Å². The van der Waals surface area contributed by atoms with Gasteiger partial charge in [0, 0.05) is 32.0 Å². The number of ether oxygens (including phenoxy) is 1. The molecule has 3 aromatic rings. The summed E-state index contributed by atoms with van der Waals surface area (Å²) in [5.41, 5.74) is 4.87. The first kappa shape index (κ1) is 24.7. The topological polar surface area (TPSA) is 63.5 Å². The summed E-state index contributed by atoms with van der Waals surface area (Å²) in [5, 5.41) is 6.76. The summed E-state index contributed by atoms with van der Waals surface area (Å²) in [7, 11) is 1.72. The van der Waals surface area contributed by atoms with Crippen LogP contribution in [0, 0.1) is 6.92 Å². The standard InChI is InChI=1S/C24H31N5O.HI/c1-4-26-24(27-11-10-22-14-19(2)8-9-23(22)30-3)28-16-20-6-5-7-21(15-20)17-29-13-12-25-18-29;/h5-9,12-15,18H,4,10-11,16-17H2,1-3H3,(H2,26,27,28);1H. The molecule has 6 nitrogen and oxygen atoms in total. The SMILES string of the molecule is CCNC(=NCc1cccc(Cn2ccnc2)c1)NCCc1cc(C)ccc1OC.I. The van der Waals surface area contributed by atoms with Gasteiger partial charge in [-0.2, -0.15) is 0 Å². The molecule has 0 aliphatic carbocycles. The summed E-state index contributed by atoms with van der Waals surface area (Å²) in [6.45, 7) is 7.22. The lowest BCUT2D eigenvalue weighted by Gasteiger charge is -2.13. The van der Waals surface area contributed by atoms with E-state index in [0.717, 1.165) is 37.8 Å². The van der Waals surface area contributed by atoms with E-state index in [4.69, 9.17) is 9.73 Å². The molecule has 166 valence electrons. The monoisotopic (exact) mass is 533 g/mol. The van der Waals surface area contributed by atoms with Crippen LogP contribution in [0.3, 0.4) is 0 Å². The zero-order valence-electron chi connectivity index (χ0n) is 18.5. The quantitative estimate of drug-likeness (QED) is 0.246. The van der Waals surface area contributed by atoms with Crippen molar-refractivity contribution in [1.82, 2.24) is 20.2 Å². The molecule has 0 aliphatic heterocycles. The van der Waals surface area contributed by atoms with Crippen molar-refractivity contribution in [2.75, 3.05) is 20.2 Å². The van der Waals surface area contributed by atoms with Crippen LogP contribution in [-0.2, 0) is 19.5 Å². The van der Waals surface area contributed by atoms with E-state index in [2.05, 4.69) is 70.4 Å². The largest absolute Gasteiger partial charge is 0.496 e. The Hall–Kier alpha value is -2.55. The number of nitrogens with zero attached hydrogens (tertiary/aromatic N) is 3. The summed E-state index contributed by atoms with van der Waals surface area (Å²) in [4.78, 5) is 8.86. The number of benzene rings is 2. The van der Waals surface area contributed by atoms with Gasteiger partial charge in [0.15, 0.2) is 5.96 Å². The fraction of sp³-hybridized carbons (Fsp3) is 0.333. The van der Waals surface area contributed by atoms with Crippen LogP contribution in [0.15, 0.2) is 66.2 Å². The van der Waals surface area contributed by atoms with Crippen LogP contribution in [0.5, 0.6) is 5.75 Å². The van der Waals surface area contributed by atoms with E-state index in [1.54, 1.807) is 13.3 Å². The number of halogens is 1. The number of rotatable bonds is 9. The highest BCUT2D eigenvalue weighted by Crippen LogP contribution is 2.19. The summed E-state index contributed by atoms with van der Waals surface area (Å²) >= 11 is 0. The van der Waals surface area contributed by atoms with E-state index >= 15 is 0 Å². The first-order valence-corrected chi connectivity index (χ1v) is 10.4. The fourth-order valence-electron chi connectivity index (χ4n) is 3.35. The Labute approximate surface area is 202 Å². The highest BCUT2D eigenvalue weighted by atomic mass is 127. The summed E-state index contributed by atoms with van der Waals surface area (Å²) in [5.74, 6) is 1.75. The lowest BCUT2D eigenvalue weighted by atomic mass is 10.1. The Kier molecular flexibility index (Phi) is 10.4. The van der Waals surface area contributed by atoms with Gasteiger partial charge < -0.3 is 19.9 Å². The number of hydrogen-bond acceptors (Lipinski definition) is 3. The predicted molar refractivity (Wildman–Crippen MR) is 137 cm³/mol. The second-order valence-corrected chi connectivity index (χ2v) is 7.24. The molecule has 7 heteroatoms. The zero-order chi connectivity index (χ0) is 21.2. The maximum absolute atomic E-state index is 5.48. The number of aliphatic imine (C=N–C) groups is 1. The molecule has 1 aromatic heterocycles. The third-order valence-electron chi connectivity index (χ3n) is 4.80. The maximum atomic E-state index is 5.48. The highest BCUT2D eigenvalue weighted by Gasteiger charge is 2.04. The van der Waals surface area contributed by atoms with Gasteiger partial charge in [-0.1, -0.05) is 42.0 Å². The molecule has 0 bridgehead atoms. The van der Waals surface area contributed by atoms with Crippen molar-refractivity contribution in [1.29, 1.82) is 0 Å². The average Bonchev–Trinajstić information content (AvgIpc) is 3.25. The van der Waals surface area contributed by atoms with E-state index in [0.29, 0.717) is 6.54 Å². The second-order valence-electron chi connectivity index (χ2n) is 7.24. The third-order valence-corrected chi connectivity index (χ3v) is 4.80. The van der Waals surface area contributed by atoms with Gasteiger partial charge in [0.05, 0.1) is 20.0 Å². The summed E-state index contributed by atoms with van der Waals surface area (Å²) in [6.07, 6.45) is 6.48. The normalized spacial score (nSPS) is 11.0.